The molecule has 25 heavy (non-hydrogen) atoms. The van der Waals surface area contributed by atoms with Crippen molar-refractivity contribution in [2.75, 3.05) is 13.1 Å². The van der Waals surface area contributed by atoms with Gasteiger partial charge in [-0.25, -0.2) is 4.79 Å². The molecule has 0 aliphatic heterocycles. The Morgan fingerprint density at radius 3 is 2.36 bits per heavy atom. The zero-order chi connectivity index (χ0) is 18.9. The van der Waals surface area contributed by atoms with Crippen molar-refractivity contribution in [1.82, 2.24) is 5.32 Å². The van der Waals surface area contributed by atoms with Crippen LogP contribution in [0.1, 0.15) is 53.0 Å². The zero-order valence-electron chi connectivity index (χ0n) is 16.3. The second-order valence-corrected chi connectivity index (χ2v) is 8.20. The maximum Gasteiger partial charge on any atom is 0.407 e. The largest absolute Gasteiger partial charge is 0.444 e. The first-order chi connectivity index (χ1) is 11.6. The van der Waals surface area contributed by atoms with Crippen molar-refractivity contribution in [3.63, 3.8) is 0 Å². The lowest BCUT2D eigenvalue weighted by atomic mass is 9.83. The Morgan fingerprint density at radius 1 is 1.16 bits per heavy atom. The van der Waals surface area contributed by atoms with Gasteiger partial charge in [0.15, 0.2) is 0 Å². The van der Waals surface area contributed by atoms with Crippen LogP contribution >= 0.6 is 0 Å². The van der Waals surface area contributed by atoms with E-state index >= 15 is 0 Å². The first-order valence-electron chi connectivity index (χ1n) is 8.94. The molecule has 3 N–H and O–H groups in total. The molecule has 0 bridgehead atoms. The second-order valence-electron chi connectivity index (χ2n) is 8.20. The summed E-state index contributed by atoms with van der Waals surface area (Å²) < 4.78 is 11.2. The quantitative estimate of drug-likeness (QED) is 0.709. The van der Waals surface area contributed by atoms with Gasteiger partial charge < -0.3 is 20.5 Å². The number of hydrogen-bond donors (Lipinski definition) is 2. The summed E-state index contributed by atoms with van der Waals surface area (Å²) in [6, 6.07) is 10.1. The Bertz CT molecular complexity index is 509. The monoisotopic (exact) mass is 350 g/mol. The predicted octanol–water partition coefficient (Wildman–Crippen LogP) is 3.86. The van der Waals surface area contributed by atoms with Gasteiger partial charge in [-0.1, -0.05) is 44.2 Å². The number of rotatable bonds is 9. The maximum atomic E-state index is 11.7. The van der Waals surface area contributed by atoms with E-state index in [9.17, 15) is 4.79 Å². The average Bonchev–Trinajstić information content (AvgIpc) is 2.50. The molecule has 0 aromatic heterocycles. The fraction of sp³-hybridized carbons (Fsp3) is 0.650. The number of ether oxygens (including phenoxy) is 2. The molecule has 0 spiro atoms. The van der Waals surface area contributed by atoms with Crippen molar-refractivity contribution < 1.29 is 14.3 Å². The molecule has 1 atom stereocenters. The Hall–Kier alpha value is -1.59. The van der Waals surface area contributed by atoms with E-state index < -0.39 is 5.60 Å². The normalized spacial score (nSPS) is 13.4. The molecule has 1 rings (SSSR count). The van der Waals surface area contributed by atoms with E-state index in [-0.39, 0.29) is 17.6 Å². The molecule has 0 fully saturated rings. The van der Waals surface area contributed by atoms with Crippen molar-refractivity contribution in [1.29, 1.82) is 0 Å². The average molecular weight is 351 g/mol. The van der Waals surface area contributed by atoms with Gasteiger partial charge in [0.2, 0.25) is 0 Å². The summed E-state index contributed by atoms with van der Waals surface area (Å²) in [5.74, 6) is 0. The third-order valence-electron chi connectivity index (χ3n) is 3.84. The molecule has 142 valence electrons. The van der Waals surface area contributed by atoms with Crippen LogP contribution < -0.4 is 11.1 Å². The van der Waals surface area contributed by atoms with Gasteiger partial charge >= 0.3 is 6.09 Å². The van der Waals surface area contributed by atoms with E-state index in [2.05, 4.69) is 19.2 Å². The minimum Gasteiger partial charge on any atom is -0.444 e. The Kier molecular flexibility index (Phi) is 8.39. The molecule has 1 aromatic rings. The number of nitrogens with two attached hydrogens (primary N) is 1. The molecule has 5 heteroatoms. The molecule has 0 aliphatic carbocycles. The minimum absolute atomic E-state index is 0.00303. The van der Waals surface area contributed by atoms with Crippen LogP contribution in [0.4, 0.5) is 4.79 Å². The van der Waals surface area contributed by atoms with Gasteiger partial charge in [-0.3, -0.25) is 0 Å². The van der Waals surface area contributed by atoms with E-state index in [1.54, 1.807) is 0 Å². The van der Waals surface area contributed by atoms with E-state index in [1.807, 2.05) is 51.1 Å². The van der Waals surface area contributed by atoms with Crippen molar-refractivity contribution in [3.8, 4) is 0 Å². The highest BCUT2D eigenvalue weighted by molar-refractivity contribution is 5.67. The summed E-state index contributed by atoms with van der Waals surface area (Å²) in [6.45, 7) is 11.5. The molecule has 0 radical (unpaired) electrons. The molecule has 0 aliphatic rings. The lowest BCUT2D eigenvalue weighted by molar-refractivity contribution is 0.0152. The first kappa shape index (κ1) is 21.5. The number of carbonyl (C=O) groups is 1. The summed E-state index contributed by atoms with van der Waals surface area (Å²) in [6.07, 6.45) is 1.29. The van der Waals surface area contributed by atoms with E-state index in [1.165, 1.54) is 0 Å². The minimum atomic E-state index is -0.477. The third kappa shape index (κ3) is 10.1. The number of alkyl carbamates (subject to hydrolysis) is 1. The van der Waals surface area contributed by atoms with E-state index in [4.69, 9.17) is 15.2 Å². The van der Waals surface area contributed by atoms with Crippen LogP contribution in [0.25, 0.3) is 0 Å². The zero-order valence-corrected chi connectivity index (χ0v) is 16.3. The summed E-state index contributed by atoms with van der Waals surface area (Å²) >= 11 is 0. The van der Waals surface area contributed by atoms with Crippen LogP contribution in [0.2, 0.25) is 0 Å². The fourth-order valence-corrected chi connectivity index (χ4v) is 2.53. The summed E-state index contributed by atoms with van der Waals surface area (Å²) in [5.41, 5.74) is 6.55. The highest BCUT2D eigenvalue weighted by atomic mass is 16.6. The van der Waals surface area contributed by atoms with Crippen LogP contribution in [-0.4, -0.2) is 30.9 Å². The van der Waals surface area contributed by atoms with Gasteiger partial charge in [0, 0.05) is 13.1 Å². The smallest absolute Gasteiger partial charge is 0.407 e. The molecule has 5 nitrogen and oxygen atoms in total. The first-order valence-corrected chi connectivity index (χ1v) is 8.94. The standard InChI is InChI=1S/C20H34N2O3/c1-19(2,3)25-18(23)22-12-11-20(4,5)13-17(14-21)24-15-16-9-7-6-8-10-16/h6-10,17H,11-15,21H2,1-5H3,(H,22,23). The summed E-state index contributed by atoms with van der Waals surface area (Å²) in [4.78, 5) is 11.7. The number of amides is 1. The van der Waals surface area contributed by atoms with E-state index in [0.717, 1.165) is 18.4 Å². The van der Waals surface area contributed by atoms with Gasteiger partial charge in [-0.05, 0) is 44.6 Å². The molecule has 1 amide bonds. The van der Waals surface area contributed by atoms with Crippen molar-refractivity contribution in [3.05, 3.63) is 35.9 Å². The van der Waals surface area contributed by atoms with Crippen molar-refractivity contribution in [2.24, 2.45) is 11.1 Å². The number of benzene rings is 1. The molecule has 0 heterocycles. The third-order valence-corrected chi connectivity index (χ3v) is 3.84. The summed E-state index contributed by atoms with van der Waals surface area (Å²) in [7, 11) is 0. The molecule has 1 aromatic carbocycles. The molecular weight excluding hydrogens is 316 g/mol. The molecular formula is C20H34N2O3. The number of hydrogen-bond acceptors (Lipinski definition) is 4. The maximum absolute atomic E-state index is 11.7. The predicted molar refractivity (Wildman–Crippen MR) is 101 cm³/mol. The molecule has 1 unspecified atom stereocenters. The Labute approximate surface area is 152 Å². The van der Waals surface area contributed by atoms with Crippen molar-refractivity contribution >= 4 is 6.09 Å². The lowest BCUT2D eigenvalue weighted by Crippen LogP contribution is -2.36. The van der Waals surface area contributed by atoms with Crippen LogP contribution in [0, 0.1) is 5.41 Å². The molecule has 0 saturated carbocycles. The van der Waals surface area contributed by atoms with Gasteiger partial charge in [-0.15, -0.1) is 0 Å². The lowest BCUT2D eigenvalue weighted by Gasteiger charge is -2.29. The highest BCUT2D eigenvalue weighted by Gasteiger charge is 2.24. The number of carbonyl (C=O) groups excluding carboxylic acids is 1. The fourth-order valence-electron chi connectivity index (χ4n) is 2.53. The second kappa shape index (κ2) is 9.78. The van der Waals surface area contributed by atoms with Gasteiger partial charge in [0.1, 0.15) is 5.60 Å². The topological polar surface area (TPSA) is 73.6 Å². The van der Waals surface area contributed by atoms with Crippen LogP contribution in [0.3, 0.4) is 0 Å². The van der Waals surface area contributed by atoms with Gasteiger partial charge in [0.25, 0.3) is 0 Å². The van der Waals surface area contributed by atoms with Gasteiger partial charge in [-0.2, -0.15) is 0 Å². The van der Waals surface area contributed by atoms with Gasteiger partial charge in [0.05, 0.1) is 12.7 Å². The highest BCUT2D eigenvalue weighted by Crippen LogP contribution is 2.27. The molecule has 0 saturated heterocycles. The van der Waals surface area contributed by atoms with Crippen LogP contribution in [0.15, 0.2) is 30.3 Å². The Balaban J connectivity index is 2.36. The van der Waals surface area contributed by atoms with Crippen molar-refractivity contribution in [2.45, 2.75) is 65.8 Å². The SMILES string of the molecule is CC(C)(CCNC(=O)OC(C)(C)C)CC(CN)OCc1ccccc1. The van der Waals surface area contributed by atoms with E-state index in [0.29, 0.717) is 19.7 Å². The Morgan fingerprint density at radius 2 is 1.80 bits per heavy atom. The summed E-state index contributed by atoms with van der Waals surface area (Å²) in [5, 5.41) is 2.81. The van der Waals surface area contributed by atoms with Crippen LogP contribution in [0.5, 0.6) is 0 Å². The number of nitrogens with one attached hydrogen (secondary N) is 1. The van der Waals surface area contributed by atoms with Crippen LogP contribution in [-0.2, 0) is 16.1 Å².